The van der Waals surface area contributed by atoms with Crippen molar-refractivity contribution >= 4 is 5.91 Å². The van der Waals surface area contributed by atoms with Gasteiger partial charge in [0, 0.05) is 0 Å². The molecule has 0 aliphatic rings. The second kappa shape index (κ2) is 5.16. The van der Waals surface area contributed by atoms with Crippen LogP contribution in [0.3, 0.4) is 0 Å². The molecule has 1 atom stereocenters. The fourth-order valence-electron chi connectivity index (χ4n) is 1.22. The molecule has 1 N–H and O–H groups in total. The molecule has 1 aromatic rings. The van der Waals surface area contributed by atoms with Crippen LogP contribution in [-0.4, -0.2) is 18.3 Å². The molecule has 0 radical (unpaired) electrons. The van der Waals surface area contributed by atoms with E-state index >= 15 is 0 Å². The van der Waals surface area contributed by atoms with E-state index in [0.717, 1.165) is 0 Å². The molecule has 1 aromatic carbocycles. The number of nitrogens with one attached hydrogen (secondary N) is 1. The standard InChI is InChI=1S/C11H11F4NO/c1-7(8-5-3-2-4-6-8)16-10(17)11(14,15)9(12)13/h2-7,9H,1H3,(H,16,17). The molecule has 0 bridgehead atoms. The van der Waals surface area contributed by atoms with E-state index in [0.29, 0.717) is 5.56 Å². The lowest BCUT2D eigenvalue weighted by atomic mass is 10.1. The fraction of sp³-hybridized carbons (Fsp3) is 0.364. The third-order valence-corrected chi connectivity index (χ3v) is 2.22. The van der Waals surface area contributed by atoms with Crippen LogP contribution < -0.4 is 5.32 Å². The van der Waals surface area contributed by atoms with Crippen LogP contribution in [0.25, 0.3) is 0 Å². The molecule has 1 amide bonds. The topological polar surface area (TPSA) is 29.1 Å². The Hall–Kier alpha value is -1.59. The van der Waals surface area contributed by atoms with Gasteiger partial charge >= 0.3 is 12.3 Å². The molecule has 0 aliphatic heterocycles. The summed E-state index contributed by atoms with van der Waals surface area (Å²) in [5.41, 5.74) is 0.561. The predicted octanol–water partition coefficient (Wildman–Crippen LogP) is 2.76. The summed E-state index contributed by atoms with van der Waals surface area (Å²) in [6, 6.07) is 7.48. The number of alkyl halides is 4. The molecule has 2 nitrogen and oxygen atoms in total. The average molecular weight is 249 g/mol. The van der Waals surface area contributed by atoms with Crippen LogP contribution in [0.1, 0.15) is 18.5 Å². The largest absolute Gasteiger partial charge is 0.383 e. The van der Waals surface area contributed by atoms with E-state index in [4.69, 9.17) is 0 Å². The van der Waals surface area contributed by atoms with Crippen molar-refractivity contribution in [1.29, 1.82) is 0 Å². The van der Waals surface area contributed by atoms with Crippen LogP contribution in [0.5, 0.6) is 0 Å². The van der Waals surface area contributed by atoms with E-state index in [2.05, 4.69) is 0 Å². The lowest BCUT2D eigenvalue weighted by Gasteiger charge is -2.19. The second-order valence-corrected chi connectivity index (χ2v) is 3.53. The van der Waals surface area contributed by atoms with E-state index < -0.39 is 24.3 Å². The van der Waals surface area contributed by atoms with E-state index in [1.807, 2.05) is 5.32 Å². The van der Waals surface area contributed by atoms with Crippen LogP contribution in [0.2, 0.25) is 0 Å². The highest BCUT2D eigenvalue weighted by Gasteiger charge is 2.49. The van der Waals surface area contributed by atoms with Gasteiger partial charge in [-0.15, -0.1) is 0 Å². The van der Waals surface area contributed by atoms with Crippen molar-refractivity contribution in [1.82, 2.24) is 5.32 Å². The Morgan fingerprint density at radius 3 is 2.24 bits per heavy atom. The maximum absolute atomic E-state index is 12.7. The smallest absolute Gasteiger partial charge is 0.344 e. The summed E-state index contributed by atoms with van der Waals surface area (Å²) in [6.45, 7) is 1.44. The first-order valence-corrected chi connectivity index (χ1v) is 4.87. The molecule has 0 saturated carbocycles. The highest BCUT2D eigenvalue weighted by molar-refractivity contribution is 5.84. The zero-order valence-electron chi connectivity index (χ0n) is 8.96. The fourth-order valence-corrected chi connectivity index (χ4v) is 1.22. The molecule has 1 unspecified atom stereocenters. The van der Waals surface area contributed by atoms with Gasteiger partial charge in [-0.1, -0.05) is 30.3 Å². The van der Waals surface area contributed by atoms with Gasteiger partial charge in [0.15, 0.2) is 0 Å². The zero-order valence-corrected chi connectivity index (χ0v) is 8.96. The van der Waals surface area contributed by atoms with Crippen LogP contribution in [0.4, 0.5) is 17.6 Å². The number of rotatable bonds is 4. The first-order valence-electron chi connectivity index (χ1n) is 4.87. The number of benzene rings is 1. The van der Waals surface area contributed by atoms with Crippen molar-refractivity contribution in [2.75, 3.05) is 0 Å². The Morgan fingerprint density at radius 1 is 1.24 bits per heavy atom. The van der Waals surface area contributed by atoms with Gasteiger partial charge < -0.3 is 5.32 Å². The molecule has 0 saturated heterocycles. The van der Waals surface area contributed by atoms with E-state index in [1.54, 1.807) is 30.3 Å². The molecule has 0 aromatic heterocycles. The number of hydrogen-bond donors (Lipinski definition) is 1. The highest BCUT2D eigenvalue weighted by atomic mass is 19.3. The Morgan fingerprint density at radius 2 is 1.76 bits per heavy atom. The summed E-state index contributed by atoms with van der Waals surface area (Å²) in [5.74, 6) is -6.63. The van der Waals surface area contributed by atoms with Gasteiger partial charge in [-0.2, -0.15) is 8.78 Å². The Bertz CT molecular complexity index is 380. The van der Waals surface area contributed by atoms with Crippen molar-refractivity contribution in [2.24, 2.45) is 0 Å². The number of carbonyl (C=O) groups excluding carboxylic acids is 1. The quantitative estimate of drug-likeness (QED) is 0.817. The second-order valence-electron chi connectivity index (χ2n) is 3.53. The lowest BCUT2D eigenvalue weighted by molar-refractivity contribution is -0.170. The highest BCUT2D eigenvalue weighted by Crippen LogP contribution is 2.24. The normalized spacial score (nSPS) is 13.5. The molecular formula is C11H11F4NO. The molecule has 0 fully saturated rings. The van der Waals surface area contributed by atoms with Crippen molar-refractivity contribution in [3.63, 3.8) is 0 Å². The summed E-state index contributed by atoms with van der Waals surface area (Å²) >= 11 is 0. The van der Waals surface area contributed by atoms with E-state index in [9.17, 15) is 22.4 Å². The molecule has 6 heteroatoms. The first-order chi connectivity index (χ1) is 7.85. The van der Waals surface area contributed by atoms with Crippen molar-refractivity contribution in [2.45, 2.75) is 25.3 Å². The minimum atomic E-state index is -4.66. The van der Waals surface area contributed by atoms with Crippen molar-refractivity contribution < 1.29 is 22.4 Å². The third-order valence-electron chi connectivity index (χ3n) is 2.22. The molecule has 0 aliphatic carbocycles. The SMILES string of the molecule is CC(NC(=O)C(F)(F)C(F)F)c1ccccc1. The molecular weight excluding hydrogens is 238 g/mol. The van der Waals surface area contributed by atoms with E-state index in [1.165, 1.54) is 6.92 Å². The number of halogens is 4. The maximum atomic E-state index is 12.7. The van der Waals surface area contributed by atoms with Gasteiger partial charge in [-0.25, -0.2) is 8.78 Å². The number of carbonyl (C=O) groups is 1. The van der Waals surface area contributed by atoms with Gasteiger partial charge in [0.2, 0.25) is 0 Å². The van der Waals surface area contributed by atoms with Gasteiger partial charge in [0.1, 0.15) is 0 Å². The minimum Gasteiger partial charge on any atom is -0.344 e. The molecule has 94 valence electrons. The summed E-state index contributed by atoms with van der Waals surface area (Å²) in [5, 5.41) is 1.85. The van der Waals surface area contributed by atoms with Gasteiger partial charge in [-0.05, 0) is 12.5 Å². The minimum absolute atomic E-state index is 0.561. The predicted molar refractivity (Wildman–Crippen MR) is 54.0 cm³/mol. The van der Waals surface area contributed by atoms with Crippen LogP contribution in [0, 0.1) is 0 Å². The monoisotopic (exact) mass is 249 g/mol. The van der Waals surface area contributed by atoms with Gasteiger partial charge in [-0.3, -0.25) is 4.79 Å². The summed E-state index contributed by atoms with van der Waals surface area (Å²) in [4.78, 5) is 10.9. The molecule has 17 heavy (non-hydrogen) atoms. The number of amides is 1. The molecule has 1 rings (SSSR count). The third kappa shape index (κ3) is 3.18. The Labute approximate surface area is 95.6 Å². The van der Waals surface area contributed by atoms with E-state index in [-0.39, 0.29) is 0 Å². The summed E-state index contributed by atoms with van der Waals surface area (Å²) in [7, 11) is 0. The van der Waals surface area contributed by atoms with Gasteiger partial charge in [0.05, 0.1) is 6.04 Å². The van der Waals surface area contributed by atoms with Crippen LogP contribution >= 0.6 is 0 Å². The summed E-state index contributed by atoms with van der Waals surface area (Å²) in [6.07, 6.45) is -4.01. The summed E-state index contributed by atoms with van der Waals surface area (Å²) < 4.78 is 49.1. The van der Waals surface area contributed by atoms with Crippen LogP contribution in [0.15, 0.2) is 30.3 Å². The zero-order chi connectivity index (χ0) is 13.1. The van der Waals surface area contributed by atoms with Crippen LogP contribution in [-0.2, 0) is 4.79 Å². The van der Waals surface area contributed by atoms with Crippen molar-refractivity contribution in [3.05, 3.63) is 35.9 Å². The lowest BCUT2D eigenvalue weighted by Crippen LogP contribution is -2.45. The number of hydrogen-bond acceptors (Lipinski definition) is 1. The molecule has 0 heterocycles. The first kappa shape index (κ1) is 13.5. The maximum Gasteiger partial charge on any atom is 0.383 e. The van der Waals surface area contributed by atoms with Gasteiger partial charge in [0.25, 0.3) is 5.91 Å². The Kier molecular flexibility index (Phi) is 4.09. The van der Waals surface area contributed by atoms with Crippen molar-refractivity contribution in [3.8, 4) is 0 Å². The molecule has 0 spiro atoms. The Balaban J connectivity index is 2.70. The average Bonchev–Trinajstić information content (AvgIpc) is 2.29.